The third-order valence-corrected chi connectivity index (χ3v) is 2.55. The Balaban J connectivity index is 2.50. The molecule has 0 aliphatic carbocycles. The summed E-state index contributed by atoms with van der Waals surface area (Å²) < 4.78 is 0. The van der Waals surface area contributed by atoms with Crippen LogP contribution >= 0.6 is 0 Å². The van der Waals surface area contributed by atoms with E-state index in [1.165, 1.54) is 12.0 Å². The van der Waals surface area contributed by atoms with Gasteiger partial charge in [0.25, 0.3) is 0 Å². The van der Waals surface area contributed by atoms with Crippen LogP contribution in [-0.4, -0.2) is 0 Å². The van der Waals surface area contributed by atoms with Crippen molar-refractivity contribution in [2.24, 2.45) is 5.41 Å². The Morgan fingerprint density at radius 3 is 2.36 bits per heavy atom. The van der Waals surface area contributed by atoms with Gasteiger partial charge in [-0.15, -0.1) is 0 Å². The van der Waals surface area contributed by atoms with Crippen molar-refractivity contribution in [2.45, 2.75) is 27.2 Å². The summed E-state index contributed by atoms with van der Waals surface area (Å²) >= 11 is 0. The highest BCUT2D eigenvalue weighted by molar-refractivity contribution is 5.50. The first-order valence-corrected chi connectivity index (χ1v) is 5.22. The molecule has 1 aromatic carbocycles. The lowest BCUT2D eigenvalue weighted by Crippen LogP contribution is -2.07. The van der Waals surface area contributed by atoms with Crippen LogP contribution in [0, 0.1) is 11.8 Å². The highest BCUT2D eigenvalue weighted by Crippen LogP contribution is 2.24. The maximum absolute atomic E-state index is 2.26. The van der Waals surface area contributed by atoms with Crippen LogP contribution < -0.4 is 0 Å². The summed E-state index contributed by atoms with van der Waals surface area (Å²) in [6.45, 7) is 6.72. The Bertz CT molecular complexity index is 280. The van der Waals surface area contributed by atoms with Crippen LogP contribution in [0.15, 0.2) is 36.4 Å². The number of hydrogen-bond acceptors (Lipinski definition) is 0. The Kier molecular flexibility index (Phi) is 3.94. The SMILES string of the molecule is CCC(C)(C)[CH]/C=C/c1ccccc1. The molecule has 0 aliphatic heterocycles. The first-order chi connectivity index (χ1) is 6.64. The number of hydrogen-bond donors (Lipinski definition) is 0. The maximum Gasteiger partial charge on any atom is -0.0111 e. The van der Waals surface area contributed by atoms with Crippen molar-refractivity contribution in [3.63, 3.8) is 0 Å². The van der Waals surface area contributed by atoms with Gasteiger partial charge in [-0.3, -0.25) is 0 Å². The van der Waals surface area contributed by atoms with Crippen LogP contribution in [0.3, 0.4) is 0 Å². The van der Waals surface area contributed by atoms with Gasteiger partial charge in [-0.25, -0.2) is 0 Å². The van der Waals surface area contributed by atoms with Crippen molar-refractivity contribution in [3.05, 3.63) is 48.4 Å². The summed E-state index contributed by atoms with van der Waals surface area (Å²) in [6.07, 6.45) is 7.74. The van der Waals surface area contributed by atoms with Crippen molar-refractivity contribution >= 4 is 6.08 Å². The first-order valence-electron chi connectivity index (χ1n) is 5.22. The minimum atomic E-state index is 0.311. The molecular weight excluding hydrogens is 168 g/mol. The quantitative estimate of drug-likeness (QED) is 0.657. The van der Waals surface area contributed by atoms with E-state index in [9.17, 15) is 0 Å². The van der Waals surface area contributed by atoms with Gasteiger partial charge in [0, 0.05) is 0 Å². The van der Waals surface area contributed by atoms with E-state index in [0.29, 0.717) is 5.41 Å². The van der Waals surface area contributed by atoms with E-state index in [2.05, 4.69) is 63.6 Å². The largest absolute Gasteiger partial charge is 0.0797 e. The van der Waals surface area contributed by atoms with Crippen molar-refractivity contribution in [2.75, 3.05) is 0 Å². The van der Waals surface area contributed by atoms with Gasteiger partial charge in [-0.05, 0) is 17.4 Å². The summed E-state index contributed by atoms with van der Waals surface area (Å²) in [5, 5.41) is 0. The van der Waals surface area contributed by atoms with E-state index < -0.39 is 0 Å². The summed E-state index contributed by atoms with van der Waals surface area (Å²) in [5.41, 5.74) is 1.57. The van der Waals surface area contributed by atoms with Gasteiger partial charge in [0.1, 0.15) is 0 Å². The molecule has 14 heavy (non-hydrogen) atoms. The second-order valence-electron chi connectivity index (χ2n) is 4.28. The fourth-order valence-corrected chi connectivity index (χ4v) is 1.10. The minimum absolute atomic E-state index is 0.311. The van der Waals surface area contributed by atoms with Crippen LogP contribution in [0.2, 0.25) is 0 Å². The van der Waals surface area contributed by atoms with Crippen LogP contribution in [0.4, 0.5) is 0 Å². The number of allylic oxidation sites excluding steroid dienone is 1. The average molecular weight is 187 g/mol. The predicted molar refractivity (Wildman–Crippen MR) is 63.8 cm³/mol. The minimum Gasteiger partial charge on any atom is -0.0797 e. The molecule has 0 unspecified atom stereocenters. The monoisotopic (exact) mass is 187 g/mol. The Hall–Kier alpha value is -1.04. The molecule has 0 atom stereocenters. The van der Waals surface area contributed by atoms with Gasteiger partial charge < -0.3 is 0 Å². The second kappa shape index (κ2) is 4.99. The lowest BCUT2D eigenvalue weighted by molar-refractivity contribution is 0.434. The van der Waals surface area contributed by atoms with Gasteiger partial charge in [0.2, 0.25) is 0 Å². The topological polar surface area (TPSA) is 0 Å². The molecule has 0 saturated heterocycles. The molecule has 75 valence electrons. The van der Waals surface area contributed by atoms with E-state index in [0.717, 1.165) is 0 Å². The van der Waals surface area contributed by atoms with E-state index in [1.54, 1.807) is 0 Å². The number of benzene rings is 1. The van der Waals surface area contributed by atoms with E-state index >= 15 is 0 Å². The molecule has 0 fully saturated rings. The molecule has 0 saturated carbocycles. The van der Waals surface area contributed by atoms with E-state index in [-0.39, 0.29) is 0 Å². The van der Waals surface area contributed by atoms with Crippen LogP contribution in [-0.2, 0) is 0 Å². The van der Waals surface area contributed by atoms with Gasteiger partial charge in [-0.1, -0.05) is 69.7 Å². The fourth-order valence-electron chi connectivity index (χ4n) is 1.10. The molecule has 0 N–H and O–H groups in total. The molecule has 1 radical (unpaired) electrons. The fraction of sp³-hybridized carbons (Fsp3) is 0.357. The summed E-state index contributed by atoms with van der Waals surface area (Å²) in [6, 6.07) is 10.4. The van der Waals surface area contributed by atoms with E-state index in [1.807, 2.05) is 6.07 Å². The summed E-state index contributed by atoms with van der Waals surface area (Å²) in [4.78, 5) is 0. The zero-order valence-corrected chi connectivity index (χ0v) is 9.33. The van der Waals surface area contributed by atoms with Crippen LogP contribution in [0.1, 0.15) is 32.8 Å². The van der Waals surface area contributed by atoms with Crippen LogP contribution in [0.25, 0.3) is 6.08 Å². The molecule has 0 spiro atoms. The lowest BCUT2D eigenvalue weighted by Gasteiger charge is -2.19. The molecular formula is C14H19. The Morgan fingerprint density at radius 1 is 1.14 bits per heavy atom. The Labute approximate surface area is 87.7 Å². The standard InChI is InChI=1S/C14H19/c1-4-14(2,3)12-8-11-13-9-6-5-7-10-13/h5-12H,4H2,1-3H3/b11-8+. The highest BCUT2D eigenvalue weighted by Gasteiger charge is 2.12. The van der Waals surface area contributed by atoms with Gasteiger partial charge in [-0.2, -0.15) is 0 Å². The molecule has 0 nitrogen and oxygen atoms in total. The van der Waals surface area contributed by atoms with Crippen molar-refractivity contribution in [1.29, 1.82) is 0 Å². The predicted octanol–water partition coefficient (Wildman–Crippen LogP) is 4.34. The van der Waals surface area contributed by atoms with Gasteiger partial charge in [0.15, 0.2) is 0 Å². The zero-order valence-electron chi connectivity index (χ0n) is 9.33. The van der Waals surface area contributed by atoms with E-state index in [4.69, 9.17) is 0 Å². The molecule has 0 bridgehead atoms. The van der Waals surface area contributed by atoms with Gasteiger partial charge >= 0.3 is 0 Å². The highest BCUT2D eigenvalue weighted by atomic mass is 14.2. The normalized spacial score (nSPS) is 12.2. The smallest absolute Gasteiger partial charge is 0.0111 e. The average Bonchev–Trinajstić information content (AvgIpc) is 2.19. The molecule has 0 heterocycles. The molecule has 1 aromatic rings. The molecule has 0 heteroatoms. The molecule has 0 aromatic heterocycles. The summed E-state index contributed by atoms with van der Waals surface area (Å²) in [5.74, 6) is 0. The third kappa shape index (κ3) is 3.78. The summed E-state index contributed by atoms with van der Waals surface area (Å²) in [7, 11) is 0. The molecule has 1 rings (SSSR count). The lowest BCUT2D eigenvalue weighted by atomic mass is 9.86. The third-order valence-electron chi connectivity index (χ3n) is 2.55. The molecule has 0 aliphatic rings. The second-order valence-corrected chi connectivity index (χ2v) is 4.28. The van der Waals surface area contributed by atoms with Crippen molar-refractivity contribution < 1.29 is 0 Å². The number of rotatable bonds is 4. The van der Waals surface area contributed by atoms with Crippen molar-refractivity contribution in [1.82, 2.24) is 0 Å². The molecule has 0 amide bonds. The zero-order chi connectivity index (χ0) is 10.4. The van der Waals surface area contributed by atoms with Crippen LogP contribution in [0.5, 0.6) is 0 Å². The van der Waals surface area contributed by atoms with Crippen molar-refractivity contribution in [3.8, 4) is 0 Å². The first kappa shape index (κ1) is 11.0. The van der Waals surface area contributed by atoms with Gasteiger partial charge in [0.05, 0.1) is 0 Å². The maximum atomic E-state index is 2.26. The Morgan fingerprint density at radius 2 is 1.79 bits per heavy atom.